The van der Waals surface area contributed by atoms with E-state index >= 15 is 0 Å². The lowest BCUT2D eigenvalue weighted by atomic mass is 9.95. The van der Waals surface area contributed by atoms with E-state index in [1.165, 1.54) is 56.7 Å². The molecule has 1 aromatic rings. The van der Waals surface area contributed by atoms with Gasteiger partial charge in [-0.05, 0) is 32.6 Å². The van der Waals surface area contributed by atoms with Crippen molar-refractivity contribution in [3.05, 3.63) is 5.82 Å². The van der Waals surface area contributed by atoms with Gasteiger partial charge in [-0.2, -0.15) is 0 Å². The van der Waals surface area contributed by atoms with Crippen molar-refractivity contribution in [3.8, 4) is 0 Å². The lowest BCUT2D eigenvalue weighted by Gasteiger charge is -2.24. The molecule has 2 aliphatic rings. The van der Waals surface area contributed by atoms with Crippen LogP contribution < -0.4 is 5.32 Å². The smallest absolute Gasteiger partial charge is 0.233 e. The molecular formula is C16H26N4OS. The molecule has 122 valence electrons. The molecule has 0 aliphatic heterocycles. The number of nitrogens with zero attached hydrogens (tertiary/aromatic N) is 2. The minimum atomic E-state index is -0.144. The van der Waals surface area contributed by atoms with E-state index in [2.05, 4.69) is 20.5 Å². The number of aromatic amines is 1. The second-order valence-corrected chi connectivity index (χ2v) is 7.90. The van der Waals surface area contributed by atoms with Gasteiger partial charge in [-0.15, -0.1) is 5.10 Å². The fourth-order valence-corrected chi connectivity index (χ4v) is 4.21. The Hall–Kier alpha value is -1.04. The number of hydrogen-bond acceptors (Lipinski definition) is 4. The van der Waals surface area contributed by atoms with Gasteiger partial charge in [-0.1, -0.05) is 43.9 Å². The van der Waals surface area contributed by atoms with Crippen molar-refractivity contribution in [2.24, 2.45) is 0 Å². The highest BCUT2D eigenvalue weighted by atomic mass is 32.2. The minimum absolute atomic E-state index is 0.115. The lowest BCUT2D eigenvalue weighted by Crippen LogP contribution is -2.40. The first kappa shape index (κ1) is 15.8. The molecule has 5 nitrogen and oxygen atoms in total. The van der Waals surface area contributed by atoms with Crippen LogP contribution in [0.3, 0.4) is 0 Å². The Morgan fingerprint density at radius 2 is 1.86 bits per heavy atom. The van der Waals surface area contributed by atoms with Gasteiger partial charge in [0.15, 0.2) is 0 Å². The Kier molecular flexibility index (Phi) is 5.39. The van der Waals surface area contributed by atoms with E-state index in [0.29, 0.717) is 17.1 Å². The maximum atomic E-state index is 12.3. The van der Waals surface area contributed by atoms with Gasteiger partial charge in [0.25, 0.3) is 0 Å². The summed E-state index contributed by atoms with van der Waals surface area (Å²) in [7, 11) is 0. The minimum Gasteiger partial charge on any atom is -0.352 e. The second-order valence-electron chi connectivity index (χ2n) is 6.59. The topological polar surface area (TPSA) is 70.7 Å². The van der Waals surface area contributed by atoms with Gasteiger partial charge in [0.2, 0.25) is 11.1 Å². The Morgan fingerprint density at radius 3 is 2.59 bits per heavy atom. The number of rotatable bonds is 5. The largest absolute Gasteiger partial charge is 0.352 e. The summed E-state index contributed by atoms with van der Waals surface area (Å²) in [6.07, 6.45) is 11.0. The van der Waals surface area contributed by atoms with Crippen molar-refractivity contribution in [1.29, 1.82) is 0 Å². The van der Waals surface area contributed by atoms with E-state index in [0.717, 1.165) is 18.7 Å². The van der Waals surface area contributed by atoms with Crippen molar-refractivity contribution < 1.29 is 4.79 Å². The fourth-order valence-electron chi connectivity index (χ4n) is 3.47. The monoisotopic (exact) mass is 322 g/mol. The molecule has 1 heterocycles. The van der Waals surface area contributed by atoms with Crippen molar-refractivity contribution >= 4 is 17.7 Å². The molecule has 2 saturated carbocycles. The summed E-state index contributed by atoms with van der Waals surface area (Å²) in [4.78, 5) is 16.9. The average molecular weight is 322 g/mol. The molecule has 1 atom stereocenters. The van der Waals surface area contributed by atoms with Gasteiger partial charge in [0, 0.05) is 12.0 Å². The zero-order valence-corrected chi connectivity index (χ0v) is 14.1. The van der Waals surface area contributed by atoms with Gasteiger partial charge < -0.3 is 5.32 Å². The first-order valence-electron chi connectivity index (χ1n) is 8.61. The van der Waals surface area contributed by atoms with Gasteiger partial charge in [0.05, 0.1) is 5.25 Å². The molecule has 0 bridgehead atoms. The van der Waals surface area contributed by atoms with E-state index in [1.54, 1.807) is 0 Å². The molecule has 2 aliphatic carbocycles. The van der Waals surface area contributed by atoms with Gasteiger partial charge >= 0.3 is 0 Å². The van der Waals surface area contributed by atoms with Crippen molar-refractivity contribution in [2.75, 3.05) is 0 Å². The predicted molar refractivity (Wildman–Crippen MR) is 87.9 cm³/mol. The summed E-state index contributed by atoms with van der Waals surface area (Å²) in [6.45, 7) is 1.94. The van der Waals surface area contributed by atoms with Crippen molar-refractivity contribution in [2.45, 2.75) is 87.1 Å². The number of thioether (sulfide) groups is 1. The van der Waals surface area contributed by atoms with Crippen LogP contribution in [0.15, 0.2) is 5.16 Å². The Balaban J connectivity index is 1.49. The molecule has 1 unspecified atom stereocenters. The van der Waals surface area contributed by atoms with Crippen molar-refractivity contribution in [1.82, 2.24) is 20.5 Å². The van der Waals surface area contributed by atoms with Crippen LogP contribution in [0.4, 0.5) is 0 Å². The van der Waals surface area contributed by atoms with Crippen LogP contribution in [-0.2, 0) is 4.79 Å². The third kappa shape index (κ3) is 4.03. The summed E-state index contributed by atoms with van der Waals surface area (Å²) in [5.74, 6) is 1.65. The first-order valence-corrected chi connectivity index (χ1v) is 9.49. The summed E-state index contributed by atoms with van der Waals surface area (Å²) in [6, 6.07) is 0.366. The van der Waals surface area contributed by atoms with E-state index in [-0.39, 0.29) is 11.2 Å². The molecule has 22 heavy (non-hydrogen) atoms. The number of aromatic nitrogens is 3. The fraction of sp³-hybridized carbons (Fsp3) is 0.812. The summed E-state index contributed by atoms with van der Waals surface area (Å²) < 4.78 is 0. The molecule has 6 heteroatoms. The van der Waals surface area contributed by atoms with Crippen LogP contribution in [0, 0.1) is 0 Å². The highest BCUT2D eigenvalue weighted by Crippen LogP contribution is 2.33. The van der Waals surface area contributed by atoms with Crippen LogP contribution in [0.25, 0.3) is 0 Å². The Bertz CT molecular complexity index is 492. The molecule has 0 saturated heterocycles. The van der Waals surface area contributed by atoms with Crippen molar-refractivity contribution in [3.63, 3.8) is 0 Å². The molecule has 2 N–H and O–H groups in total. The number of carbonyl (C=O) groups is 1. The number of nitrogens with one attached hydrogen (secondary N) is 2. The molecule has 0 aromatic carbocycles. The maximum absolute atomic E-state index is 12.3. The molecule has 2 fully saturated rings. The van der Waals surface area contributed by atoms with Crippen LogP contribution in [0.1, 0.15) is 76.5 Å². The van der Waals surface area contributed by atoms with E-state index in [9.17, 15) is 4.79 Å². The van der Waals surface area contributed by atoms with Gasteiger partial charge in [0.1, 0.15) is 5.82 Å². The molecule has 0 spiro atoms. The summed E-state index contributed by atoms with van der Waals surface area (Å²) in [5, 5.41) is 11.1. The average Bonchev–Trinajstić information content (AvgIpc) is 3.19. The van der Waals surface area contributed by atoms with Crippen LogP contribution in [0.2, 0.25) is 0 Å². The maximum Gasteiger partial charge on any atom is 0.233 e. The van der Waals surface area contributed by atoms with Crippen LogP contribution in [-0.4, -0.2) is 32.4 Å². The highest BCUT2D eigenvalue weighted by Gasteiger charge is 2.24. The van der Waals surface area contributed by atoms with Crippen LogP contribution in [0.5, 0.6) is 0 Å². The van der Waals surface area contributed by atoms with E-state index < -0.39 is 0 Å². The molecule has 0 radical (unpaired) electrons. The predicted octanol–water partition coefficient (Wildman–Crippen LogP) is 3.39. The third-order valence-electron chi connectivity index (χ3n) is 4.83. The summed E-state index contributed by atoms with van der Waals surface area (Å²) >= 11 is 1.45. The standard InChI is InChI=1S/C16H26N4OS/c1-11(15(21)17-13-9-3-2-4-10-13)22-16-18-14(19-20-16)12-7-5-6-8-12/h11-13H,2-10H2,1H3,(H,17,21)(H,18,19,20). The number of hydrogen-bond donors (Lipinski definition) is 2. The normalized spacial score (nSPS) is 21.9. The lowest BCUT2D eigenvalue weighted by molar-refractivity contribution is -0.121. The highest BCUT2D eigenvalue weighted by molar-refractivity contribution is 8.00. The van der Waals surface area contributed by atoms with E-state index in [1.807, 2.05) is 6.92 Å². The molecular weight excluding hydrogens is 296 g/mol. The Morgan fingerprint density at radius 1 is 1.18 bits per heavy atom. The summed E-state index contributed by atoms with van der Waals surface area (Å²) in [5.41, 5.74) is 0. The van der Waals surface area contributed by atoms with E-state index in [4.69, 9.17) is 0 Å². The Labute approximate surface area is 136 Å². The molecule has 3 rings (SSSR count). The zero-order chi connectivity index (χ0) is 15.4. The SMILES string of the molecule is CC(Sc1n[nH]c(C2CCCC2)n1)C(=O)NC1CCCCC1. The number of H-pyrrole nitrogens is 1. The van der Waals surface area contributed by atoms with Gasteiger partial charge in [-0.3, -0.25) is 9.89 Å². The quantitative estimate of drug-likeness (QED) is 0.815. The second kappa shape index (κ2) is 7.49. The molecule has 1 amide bonds. The third-order valence-corrected chi connectivity index (χ3v) is 5.79. The first-order chi connectivity index (χ1) is 10.7. The van der Waals surface area contributed by atoms with Gasteiger partial charge in [-0.25, -0.2) is 4.98 Å². The number of carbonyl (C=O) groups excluding carboxylic acids is 1. The number of amides is 1. The van der Waals surface area contributed by atoms with Crippen LogP contribution >= 0.6 is 11.8 Å². The molecule has 1 aromatic heterocycles. The zero-order valence-electron chi connectivity index (χ0n) is 13.3.